The van der Waals surface area contributed by atoms with Crippen LogP contribution in [0.4, 0.5) is 5.69 Å². The Kier molecular flexibility index (Phi) is 5.08. The van der Waals surface area contributed by atoms with Crippen LogP contribution in [0.2, 0.25) is 0 Å². The van der Waals surface area contributed by atoms with E-state index in [2.05, 4.69) is 5.10 Å². The molecule has 1 aromatic heterocycles. The molecule has 1 atom stereocenters. The third-order valence-corrected chi connectivity index (χ3v) is 4.90. The van der Waals surface area contributed by atoms with Crippen LogP contribution in [0.15, 0.2) is 46.9 Å². The van der Waals surface area contributed by atoms with Crippen LogP contribution < -0.4 is 5.11 Å². The van der Waals surface area contributed by atoms with Gasteiger partial charge in [0.25, 0.3) is 5.69 Å². The highest BCUT2D eigenvalue weighted by atomic mass is 32.1. The minimum absolute atomic E-state index is 0.0748. The SMILES string of the molecule is O=C([O-])CCC(=O)N1N=C(c2cccs2)C[C@H]1c1cccc([N+](=O)[O-])c1. The highest BCUT2D eigenvalue weighted by molar-refractivity contribution is 7.12. The van der Waals surface area contributed by atoms with Gasteiger partial charge in [0, 0.05) is 30.9 Å². The quantitative estimate of drug-likeness (QED) is 0.567. The molecule has 9 heteroatoms. The molecular weight excluding hydrogens is 358 g/mol. The minimum Gasteiger partial charge on any atom is -0.550 e. The lowest BCUT2D eigenvalue weighted by Crippen LogP contribution is -2.29. The number of aliphatic carboxylic acids is 1. The zero-order valence-electron chi connectivity index (χ0n) is 13.5. The molecule has 1 amide bonds. The highest BCUT2D eigenvalue weighted by Gasteiger charge is 2.33. The summed E-state index contributed by atoms with van der Waals surface area (Å²) in [6, 6.07) is 9.28. The second-order valence-corrected chi connectivity index (χ2v) is 6.65. The number of carbonyl (C=O) groups is 2. The van der Waals surface area contributed by atoms with Crippen LogP contribution >= 0.6 is 11.3 Å². The number of thiophene rings is 1. The molecule has 2 heterocycles. The summed E-state index contributed by atoms with van der Waals surface area (Å²) in [6.45, 7) is 0. The number of carbonyl (C=O) groups excluding carboxylic acids is 2. The van der Waals surface area contributed by atoms with E-state index in [-0.39, 0.29) is 12.1 Å². The molecule has 1 aliphatic heterocycles. The van der Waals surface area contributed by atoms with Crippen molar-refractivity contribution in [3.8, 4) is 0 Å². The molecule has 0 saturated carbocycles. The molecule has 26 heavy (non-hydrogen) atoms. The van der Waals surface area contributed by atoms with Crippen LogP contribution in [-0.4, -0.2) is 27.5 Å². The van der Waals surface area contributed by atoms with Gasteiger partial charge in [-0.2, -0.15) is 5.10 Å². The fourth-order valence-corrected chi connectivity index (χ4v) is 3.48. The maximum absolute atomic E-state index is 12.5. The maximum atomic E-state index is 12.5. The predicted molar refractivity (Wildman–Crippen MR) is 92.4 cm³/mol. The summed E-state index contributed by atoms with van der Waals surface area (Å²) in [4.78, 5) is 34.6. The number of nitrogens with zero attached hydrogens (tertiary/aromatic N) is 3. The molecule has 1 aromatic carbocycles. The Hall–Kier alpha value is -3.07. The molecule has 0 unspecified atom stereocenters. The van der Waals surface area contributed by atoms with Gasteiger partial charge in [0.15, 0.2) is 0 Å². The molecular formula is C17H14N3O5S-. The standard InChI is InChI=1S/C17H15N3O5S/c21-16(6-7-17(22)23)19-14(10-13(18-19)15-5-2-8-26-15)11-3-1-4-12(9-11)20(24)25/h1-5,8-9,14H,6-7,10H2,(H,22,23)/p-1/t14-/m0/s1. The number of amides is 1. The zero-order chi connectivity index (χ0) is 18.7. The Morgan fingerprint density at radius 2 is 2.08 bits per heavy atom. The zero-order valence-corrected chi connectivity index (χ0v) is 14.3. The average Bonchev–Trinajstić information content (AvgIpc) is 3.29. The number of hydrogen-bond acceptors (Lipinski definition) is 7. The molecule has 2 aromatic rings. The summed E-state index contributed by atoms with van der Waals surface area (Å²) in [5.41, 5.74) is 1.20. The highest BCUT2D eigenvalue weighted by Crippen LogP contribution is 2.35. The molecule has 0 spiro atoms. The van der Waals surface area contributed by atoms with Crippen molar-refractivity contribution >= 4 is 34.6 Å². The number of hydrogen-bond donors (Lipinski definition) is 0. The Balaban J connectivity index is 1.91. The minimum atomic E-state index is -1.31. The van der Waals surface area contributed by atoms with E-state index in [9.17, 15) is 24.8 Å². The van der Waals surface area contributed by atoms with E-state index in [0.717, 1.165) is 4.88 Å². The lowest BCUT2D eigenvalue weighted by atomic mass is 10.0. The number of carboxylic acid groups (broad SMARTS) is 1. The first-order valence-corrected chi connectivity index (χ1v) is 8.71. The molecule has 0 N–H and O–H groups in total. The van der Waals surface area contributed by atoms with Crippen LogP contribution in [-0.2, 0) is 9.59 Å². The van der Waals surface area contributed by atoms with Gasteiger partial charge in [-0.1, -0.05) is 18.2 Å². The molecule has 0 saturated heterocycles. The topological polar surface area (TPSA) is 116 Å². The molecule has 0 radical (unpaired) electrons. The fourth-order valence-electron chi connectivity index (χ4n) is 2.76. The van der Waals surface area contributed by atoms with Gasteiger partial charge in [-0.15, -0.1) is 11.3 Å². The van der Waals surface area contributed by atoms with Gasteiger partial charge in [-0.3, -0.25) is 14.9 Å². The summed E-state index contributed by atoms with van der Waals surface area (Å²) in [5.74, 6) is -1.77. The van der Waals surface area contributed by atoms with E-state index < -0.39 is 29.3 Å². The number of carboxylic acids is 1. The number of benzene rings is 1. The number of hydrazone groups is 1. The lowest BCUT2D eigenvalue weighted by Gasteiger charge is -2.22. The monoisotopic (exact) mass is 372 g/mol. The Labute approximate surface area is 152 Å². The van der Waals surface area contributed by atoms with Crippen molar-refractivity contribution in [1.29, 1.82) is 0 Å². The van der Waals surface area contributed by atoms with Crippen molar-refractivity contribution < 1.29 is 19.6 Å². The number of nitro benzene ring substituents is 1. The van der Waals surface area contributed by atoms with Gasteiger partial charge in [0.2, 0.25) is 5.91 Å². The van der Waals surface area contributed by atoms with Crippen molar-refractivity contribution in [1.82, 2.24) is 5.01 Å². The van der Waals surface area contributed by atoms with E-state index in [4.69, 9.17) is 0 Å². The predicted octanol–water partition coefficient (Wildman–Crippen LogP) is 1.86. The summed E-state index contributed by atoms with van der Waals surface area (Å²) in [5, 5.41) is 29.2. The van der Waals surface area contributed by atoms with Gasteiger partial charge in [0.05, 0.1) is 21.6 Å². The van der Waals surface area contributed by atoms with Crippen molar-refractivity contribution in [3.05, 3.63) is 62.3 Å². The van der Waals surface area contributed by atoms with Gasteiger partial charge in [-0.05, 0) is 23.4 Å². The number of non-ortho nitro benzene ring substituents is 1. The maximum Gasteiger partial charge on any atom is 0.269 e. The molecule has 0 aliphatic carbocycles. The van der Waals surface area contributed by atoms with Crippen LogP contribution in [0.1, 0.15) is 35.7 Å². The second kappa shape index (κ2) is 7.44. The Morgan fingerprint density at radius 3 is 2.73 bits per heavy atom. The number of rotatable bonds is 6. The molecule has 3 rings (SSSR count). The van der Waals surface area contributed by atoms with E-state index in [1.165, 1.54) is 28.5 Å². The van der Waals surface area contributed by atoms with Crippen molar-refractivity contribution in [2.75, 3.05) is 0 Å². The largest absolute Gasteiger partial charge is 0.550 e. The van der Waals surface area contributed by atoms with Crippen molar-refractivity contribution in [3.63, 3.8) is 0 Å². The second-order valence-electron chi connectivity index (χ2n) is 5.71. The van der Waals surface area contributed by atoms with Crippen LogP contribution in [0, 0.1) is 10.1 Å². The summed E-state index contributed by atoms with van der Waals surface area (Å²) >= 11 is 1.48. The molecule has 8 nitrogen and oxygen atoms in total. The van der Waals surface area contributed by atoms with E-state index in [1.54, 1.807) is 12.1 Å². The van der Waals surface area contributed by atoms with E-state index >= 15 is 0 Å². The fraction of sp³-hybridized carbons (Fsp3) is 0.235. The first-order valence-electron chi connectivity index (χ1n) is 7.83. The van der Waals surface area contributed by atoms with Gasteiger partial charge in [-0.25, -0.2) is 5.01 Å². The number of nitro groups is 1. The third kappa shape index (κ3) is 3.77. The molecule has 0 fully saturated rings. The van der Waals surface area contributed by atoms with Gasteiger partial charge in [0.1, 0.15) is 0 Å². The van der Waals surface area contributed by atoms with Crippen LogP contribution in [0.25, 0.3) is 0 Å². The van der Waals surface area contributed by atoms with Gasteiger partial charge >= 0.3 is 0 Å². The average molecular weight is 372 g/mol. The molecule has 134 valence electrons. The van der Waals surface area contributed by atoms with E-state index in [1.807, 2.05) is 17.5 Å². The summed E-state index contributed by atoms with van der Waals surface area (Å²) in [6.07, 6.45) is -0.241. The van der Waals surface area contributed by atoms with Gasteiger partial charge < -0.3 is 9.90 Å². The van der Waals surface area contributed by atoms with Crippen LogP contribution in [0.3, 0.4) is 0 Å². The third-order valence-electron chi connectivity index (χ3n) is 3.98. The Morgan fingerprint density at radius 1 is 1.27 bits per heavy atom. The summed E-state index contributed by atoms with van der Waals surface area (Å²) in [7, 11) is 0. The lowest BCUT2D eigenvalue weighted by molar-refractivity contribution is -0.385. The van der Waals surface area contributed by atoms with E-state index in [0.29, 0.717) is 17.7 Å². The van der Waals surface area contributed by atoms with Crippen LogP contribution in [0.5, 0.6) is 0 Å². The van der Waals surface area contributed by atoms with Crippen molar-refractivity contribution in [2.45, 2.75) is 25.3 Å². The first kappa shape index (κ1) is 17.7. The van der Waals surface area contributed by atoms with Crippen molar-refractivity contribution in [2.24, 2.45) is 5.10 Å². The summed E-state index contributed by atoms with van der Waals surface area (Å²) < 4.78 is 0. The Bertz CT molecular complexity index is 878. The molecule has 1 aliphatic rings. The smallest absolute Gasteiger partial charge is 0.269 e. The first-order chi connectivity index (χ1) is 12.5. The normalized spacial score (nSPS) is 16.4. The molecule has 0 bridgehead atoms.